The molecule has 1 unspecified atom stereocenters. The third kappa shape index (κ3) is 3.60. The number of benzene rings is 1. The van der Waals surface area contributed by atoms with Gasteiger partial charge in [0.05, 0.1) is 6.26 Å². The van der Waals surface area contributed by atoms with E-state index in [1.807, 2.05) is 17.5 Å². The van der Waals surface area contributed by atoms with Crippen molar-refractivity contribution in [2.75, 3.05) is 18.1 Å². The summed E-state index contributed by atoms with van der Waals surface area (Å²) < 4.78 is 24.7. The Hall–Kier alpha value is -1.77. The molecule has 122 valence electrons. The minimum atomic E-state index is -3.36. The highest BCUT2D eigenvalue weighted by molar-refractivity contribution is 7.88. The van der Waals surface area contributed by atoms with Gasteiger partial charge >= 0.3 is 0 Å². The molecule has 1 fully saturated rings. The minimum absolute atomic E-state index is 0.282. The van der Waals surface area contributed by atoms with Gasteiger partial charge in [-0.2, -0.15) is 4.31 Å². The fourth-order valence-electron chi connectivity index (χ4n) is 2.69. The lowest BCUT2D eigenvalue weighted by Crippen LogP contribution is -2.42. The number of carbonyl (C=O) groups excluding carboxylic acids is 1. The predicted octanol–water partition coefficient (Wildman–Crippen LogP) is 2.17. The van der Waals surface area contributed by atoms with E-state index in [1.54, 1.807) is 29.7 Å². The number of sulfonamides is 1. The Labute approximate surface area is 139 Å². The largest absolute Gasteiger partial charge is 0.325 e. The molecule has 8 heteroatoms. The highest BCUT2D eigenvalue weighted by atomic mass is 32.2. The molecule has 1 atom stereocenters. The second-order valence-electron chi connectivity index (χ2n) is 5.44. The summed E-state index contributed by atoms with van der Waals surface area (Å²) in [5.41, 5.74) is 1.63. The summed E-state index contributed by atoms with van der Waals surface area (Å²) in [6.45, 7) is 0.403. The van der Waals surface area contributed by atoms with Gasteiger partial charge in [0.25, 0.3) is 0 Å². The van der Waals surface area contributed by atoms with Gasteiger partial charge in [0.15, 0.2) is 0 Å². The average molecular weight is 351 g/mol. The zero-order valence-electron chi connectivity index (χ0n) is 12.6. The SMILES string of the molecule is CS(=O)(=O)N1CCCC1C(=O)Nc1ccc(-c2nccs2)cc1. The number of nitrogens with one attached hydrogen (secondary N) is 1. The standard InChI is InChI=1S/C15H17N3O3S2/c1-23(20,21)18-9-2-3-13(18)14(19)17-12-6-4-11(5-7-12)15-16-8-10-22-15/h4-8,10,13H,2-3,9H2,1H3,(H,17,19). The van der Waals surface area contributed by atoms with E-state index in [9.17, 15) is 13.2 Å². The molecule has 3 rings (SSSR count). The molecule has 0 bridgehead atoms. The molecule has 1 aromatic heterocycles. The van der Waals surface area contributed by atoms with Crippen molar-refractivity contribution in [1.82, 2.24) is 9.29 Å². The number of amides is 1. The smallest absolute Gasteiger partial charge is 0.242 e. The van der Waals surface area contributed by atoms with Crippen LogP contribution in [0.4, 0.5) is 5.69 Å². The molecule has 2 heterocycles. The molecule has 6 nitrogen and oxygen atoms in total. The molecular formula is C15H17N3O3S2. The van der Waals surface area contributed by atoms with Crippen molar-refractivity contribution in [3.05, 3.63) is 35.8 Å². The van der Waals surface area contributed by atoms with Crippen LogP contribution in [0, 0.1) is 0 Å². The second kappa shape index (κ2) is 6.38. The molecule has 2 aromatic rings. The Morgan fingerprint density at radius 2 is 2.09 bits per heavy atom. The Kier molecular flexibility index (Phi) is 4.47. The van der Waals surface area contributed by atoms with Crippen molar-refractivity contribution >= 4 is 33.0 Å². The summed E-state index contributed by atoms with van der Waals surface area (Å²) in [5.74, 6) is -0.282. The lowest BCUT2D eigenvalue weighted by molar-refractivity contribution is -0.119. The van der Waals surface area contributed by atoms with Gasteiger partial charge in [-0.05, 0) is 37.1 Å². The third-order valence-corrected chi connectivity index (χ3v) is 5.88. The van der Waals surface area contributed by atoms with Crippen molar-refractivity contribution in [2.24, 2.45) is 0 Å². The van der Waals surface area contributed by atoms with Crippen LogP contribution >= 0.6 is 11.3 Å². The Morgan fingerprint density at radius 1 is 1.35 bits per heavy atom. The third-order valence-electron chi connectivity index (χ3n) is 3.76. The first-order valence-corrected chi connectivity index (χ1v) is 9.95. The molecule has 0 aliphatic carbocycles. The van der Waals surface area contributed by atoms with E-state index in [-0.39, 0.29) is 5.91 Å². The Bertz CT molecular complexity index is 786. The molecule has 1 aliphatic rings. The maximum Gasteiger partial charge on any atom is 0.242 e. The number of anilines is 1. The number of rotatable bonds is 4. The van der Waals surface area contributed by atoms with Crippen LogP contribution in [-0.4, -0.2) is 42.5 Å². The fraction of sp³-hybridized carbons (Fsp3) is 0.333. The molecule has 1 aliphatic heterocycles. The van der Waals surface area contributed by atoms with Crippen molar-refractivity contribution < 1.29 is 13.2 Å². The van der Waals surface area contributed by atoms with E-state index < -0.39 is 16.1 Å². The lowest BCUT2D eigenvalue weighted by Gasteiger charge is -2.21. The van der Waals surface area contributed by atoms with Gasteiger partial charge in [0.2, 0.25) is 15.9 Å². The first-order valence-electron chi connectivity index (χ1n) is 7.23. The molecular weight excluding hydrogens is 334 g/mol. The number of nitrogens with zero attached hydrogens (tertiary/aromatic N) is 2. The van der Waals surface area contributed by atoms with E-state index in [0.717, 1.165) is 16.8 Å². The maximum absolute atomic E-state index is 12.4. The molecule has 1 aromatic carbocycles. The monoisotopic (exact) mass is 351 g/mol. The van der Waals surface area contributed by atoms with Gasteiger partial charge in [0.1, 0.15) is 11.0 Å². The molecule has 1 N–H and O–H groups in total. The van der Waals surface area contributed by atoms with Crippen LogP contribution in [0.15, 0.2) is 35.8 Å². The van der Waals surface area contributed by atoms with Crippen LogP contribution in [0.5, 0.6) is 0 Å². The molecule has 0 spiro atoms. The summed E-state index contributed by atoms with van der Waals surface area (Å²) in [6, 6.07) is 6.75. The van der Waals surface area contributed by atoms with Gasteiger partial charge < -0.3 is 5.32 Å². The average Bonchev–Trinajstić information content (AvgIpc) is 3.19. The van der Waals surface area contributed by atoms with E-state index in [1.165, 1.54) is 4.31 Å². The molecule has 0 radical (unpaired) electrons. The van der Waals surface area contributed by atoms with Gasteiger partial charge in [-0.15, -0.1) is 11.3 Å². The quantitative estimate of drug-likeness (QED) is 0.915. The zero-order valence-corrected chi connectivity index (χ0v) is 14.2. The fourth-order valence-corrected chi connectivity index (χ4v) is 4.46. The first-order chi connectivity index (χ1) is 10.9. The van der Waals surface area contributed by atoms with Crippen LogP contribution in [0.2, 0.25) is 0 Å². The molecule has 23 heavy (non-hydrogen) atoms. The first kappa shape index (κ1) is 16.1. The Balaban J connectivity index is 1.70. The predicted molar refractivity (Wildman–Crippen MR) is 90.8 cm³/mol. The van der Waals surface area contributed by atoms with E-state index >= 15 is 0 Å². The van der Waals surface area contributed by atoms with E-state index in [2.05, 4.69) is 10.3 Å². The summed E-state index contributed by atoms with van der Waals surface area (Å²) in [7, 11) is -3.36. The molecule has 0 saturated carbocycles. The van der Waals surface area contributed by atoms with Gasteiger partial charge in [0, 0.05) is 29.4 Å². The minimum Gasteiger partial charge on any atom is -0.325 e. The number of aromatic nitrogens is 1. The van der Waals surface area contributed by atoms with Crippen LogP contribution in [0.3, 0.4) is 0 Å². The highest BCUT2D eigenvalue weighted by Crippen LogP contribution is 2.25. The topological polar surface area (TPSA) is 79.4 Å². The summed E-state index contributed by atoms with van der Waals surface area (Å²) in [4.78, 5) is 16.6. The van der Waals surface area contributed by atoms with Crippen molar-refractivity contribution in [2.45, 2.75) is 18.9 Å². The summed E-state index contributed by atoms with van der Waals surface area (Å²) in [5, 5.41) is 5.62. The van der Waals surface area contributed by atoms with E-state index in [4.69, 9.17) is 0 Å². The van der Waals surface area contributed by atoms with Crippen LogP contribution < -0.4 is 5.32 Å². The Morgan fingerprint density at radius 3 is 2.70 bits per heavy atom. The number of carbonyl (C=O) groups is 1. The zero-order chi connectivity index (χ0) is 16.4. The normalized spacial score (nSPS) is 18.9. The van der Waals surface area contributed by atoms with Crippen molar-refractivity contribution in [1.29, 1.82) is 0 Å². The van der Waals surface area contributed by atoms with Crippen molar-refractivity contribution in [3.8, 4) is 10.6 Å². The molecule has 1 amide bonds. The maximum atomic E-state index is 12.4. The van der Waals surface area contributed by atoms with Gasteiger partial charge in [-0.1, -0.05) is 0 Å². The number of thiazole rings is 1. The second-order valence-corrected chi connectivity index (χ2v) is 8.27. The highest BCUT2D eigenvalue weighted by Gasteiger charge is 2.36. The van der Waals surface area contributed by atoms with Gasteiger partial charge in [-0.3, -0.25) is 4.79 Å². The number of hydrogen-bond acceptors (Lipinski definition) is 5. The van der Waals surface area contributed by atoms with E-state index in [0.29, 0.717) is 25.1 Å². The number of hydrogen-bond donors (Lipinski definition) is 1. The summed E-state index contributed by atoms with van der Waals surface area (Å²) in [6.07, 6.45) is 4.14. The lowest BCUT2D eigenvalue weighted by atomic mass is 10.2. The van der Waals surface area contributed by atoms with Gasteiger partial charge in [-0.25, -0.2) is 13.4 Å². The summed E-state index contributed by atoms with van der Waals surface area (Å²) >= 11 is 1.55. The van der Waals surface area contributed by atoms with Crippen LogP contribution in [-0.2, 0) is 14.8 Å². The van der Waals surface area contributed by atoms with Crippen LogP contribution in [0.25, 0.3) is 10.6 Å². The van der Waals surface area contributed by atoms with Crippen molar-refractivity contribution in [3.63, 3.8) is 0 Å². The van der Waals surface area contributed by atoms with Crippen LogP contribution in [0.1, 0.15) is 12.8 Å². The molecule has 1 saturated heterocycles.